The quantitative estimate of drug-likeness (QED) is 0.643. The molecule has 2 aromatic rings. The van der Waals surface area contributed by atoms with Crippen molar-refractivity contribution < 1.29 is 23.5 Å². The summed E-state index contributed by atoms with van der Waals surface area (Å²) in [6, 6.07) is 9.52. The van der Waals surface area contributed by atoms with Gasteiger partial charge in [-0.15, -0.1) is 0 Å². The number of rotatable bonds is 8. The van der Waals surface area contributed by atoms with Crippen molar-refractivity contribution in [1.82, 2.24) is 4.90 Å². The Labute approximate surface area is 182 Å². The molecular weight excluding hydrogens is 396 g/mol. The molecule has 0 unspecified atom stereocenters. The van der Waals surface area contributed by atoms with Crippen LogP contribution in [0.2, 0.25) is 0 Å². The number of ether oxygens (including phenoxy) is 1. The summed E-state index contributed by atoms with van der Waals surface area (Å²) in [6.07, 6.45) is 1.62. The first-order valence-electron chi connectivity index (χ1n) is 10.7. The molecule has 1 aliphatic heterocycles. The van der Waals surface area contributed by atoms with Gasteiger partial charge in [0.1, 0.15) is 5.76 Å². The maximum absolute atomic E-state index is 12.5. The highest BCUT2D eigenvalue weighted by Crippen LogP contribution is 2.32. The summed E-state index contributed by atoms with van der Waals surface area (Å²) in [4.78, 5) is 38.7. The number of amides is 2. The van der Waals surface area contributed by atoms with Gasteiger partial charge >= 0.3 is 5.97 Å². The van der Waals surface area contributed by atoms with E-state index in [4.69, 9.17) is 9.15 Å². The van der Waals surface area contributed by atoms with E-state index in [2.05, 4.69) is 33.0 Å². The highest BCUT2D eigenvalue weighted by molar-refractivity contribution is 5.95. The topological polar surface area (TPSA) is 88.8 Å². The lowest BCUT2D eigenvalue weighted by atomic mass is 9.92. The predicted octanol–water partition coefficient (Wildman–Crippen LogP) is 4.06. The minimum absolute atomic E-state index is 0.0782. The largest absolute Gasteiger partial charge is 0.467 e. The van der Waals surface area contributed by atoms with Gasteiger partial charge in [-0.2, -0.15) is 0 Å². The average molecular weight is 427 g/mol. The summed E-state index contributed by atoms with van der Waals surface area (Å²) in [5.74, 6) is -0.500. The van der Waals surface area contributed by atoms with Gasteiger partial charge in [0.15, 0.2) is 6.61 Å². The van der Waals surface area contributed by atoms with Gasteiger partial charge in [0.05, 0.1) is 18.7 Å². The van der Waals surface area contributed by atoms with Crippen LogP contribution in [0.15, 0.2) is 41.0 Å². The van der Waals surface area contributed by atoms with Crippen LogP contribution in [0.3, 0.4) is 0 Å². The van der Waals surface area contributed by atoms with E-state index < -0.39 is 11.9 Å². The average Bonchev–Trinajstić information content (AvgIpc) is 3.36. The number of benzene rings is 1. The molecule has 31 heavy (non-hydrogen) atoms. The van der Waals surface area contributed by atoms with Crippen molar-refractivity contribution in [3.63, 3.8) is 0 Å². The monoisotopic (exact) mass is 426 g/mol. The molecule has 1 aromatic carbocycles. The Morgan fingerprint density at radius 3 is 2.39 bits per heavy atom. The molecular formula is C24H30N2O5. The van der Waals surface area contributed by atoms with Crippen LogP contribution >= 0.6 is 0 Å². The zero-order chi connectivity index (χ0) is 22.5. The van der Waals surface area contributed by atoms with Crippen molar-refractivity contribution >= 4 is 23.5 Å². The number of furan rings is 1. The lowest BCUT2D eigenvalue weighted by Crippen LogP contribution is -2.28. The molecule has 7 nitrogen and oxygen atoms in total. The molecule has 1 atom stereocenters. The molecule has 1 saturated heterocycles. The second-order valence-corrected chi connectivity index (χ2v) is 8.53. The fraction of sp³-hybridized carbons (Fsp3) is 0.458. The maximum Gasteiger partial charge on any atom is 0.311 e. The molecule has 0 spiro atoms. The molecule has 1 fully saturated rings. The van der Waals surface area contributed by atoms with Crippen molar-refractivity contribution in [2.45, 2.75) is 52.5 Å². The molecule has 0 aliphatic carbocycles. The Kier molecular flexibility index (Phi) is 7.15. The van der Waals surface area contributed by atoms with Crippen molar-refractivity contribution in [3.05, 3.63) is 53.5 Å². The fourth-order valence-corrected chi connectivity index (χ4v) is 3.80. The molecule has 3 rings (SSSR count). The number of nitrogens with zero attached hydrogens (tertiary/aromatic N) is 1. The van der Waals surface area contributed by atoms with Gasteiger partial charge in [-0.25, -0.2) is 0 Å². The van der Waals surface area contributed by atoms with Crippen LogP contribution in [0.25, 0.3) is 0 Å². The van der Waals surface area contributed by atoms with Crippen LogP contribution in [0.5, 0.6) is 0 Å². The first kappa shape index (κ1) is 22.6. The highest BCUT2D eigenvalue weighted by atomic mass is 16.5. The van der Waals surface area contributed by atoms with Crippen LogP contribution < -0.4 is 5.32 Å². The minimum Gasteiger partial charge on any atom is -0.467 e. The molecule has 166 valence electrons. The summed E-state index contributed by atoms with van der Waals surface area (Å²) >= 11 is 0. The Bertz CT molecular complexity index is 907. The standard InChI is InChI=1S/C24H30N2O5/c1-15(2)19-8-5-9-20(16(3)4)23(19)25-21(27)14-31-24(29)17-11-22(28)26(12-17)13-18-7-6-10-30-18/h5-10,15-17H,11-14H2,1-4H3,(H,25,27)/t17-/m1/s1. The number of esters is 1. The molecule has 2 heterocycles. The Morgan fingerprint density at radius 2 is 1.81 bits per heavy atom. The number of likely N-dealkylation sites (tertiary alicyclic amines) is 1. The van der Waals surface area contributed by atoms with Gasteiger partial charge in [-0.1, -0.05) is 45.9 Å². The van der Waals surface area contributed by atoms with Gasteiger partial charge in [0, 0.05) is 18.7 Å². The van der Waals surface area contributed by atoms with Crippen LogP contribution in [-0.2, 0) is 25.7 Å². The van der Waals surface area contributed by atoms with Crippen molar-refractivity contribution in [2.75, 3.05) is 18.5 Å². The van der Waals surface area contributed by atoms with E-state index in [0.717, 1.165) is 16.8 Å². The lowest BCUT2D eigenvalue weighted by molar-refractivity contribution is -0.151. The van der Waals surface area contributed by atoms with Gasteiger partial charge < -0.3 is 19.4 Å². The van der Waals surface area contributed by atoms with Crippen LogP contribution in [0, 0.1) is 5.92 Å². The van der Waals surface area contributed by atoms with Crippen LogP contribution in [0.1, 0.15) is 62.8 Å². The zero-order valence-corrected chi connectivity index (χ0v) is 18.5. The third-order valence-corrected chi connectivity index (χ3v) is 5.46. The SMILES string of the molecule is CC(C)c1cccc(C(C)C)c1NC(=O)COC(=O)[C@@H]1CC(=O)N(Cc2ccco2)C1. The van der Waals surface area contributed by atoms with E-state index in [1.54, 1.807) is 23.3 Å². The number of nitrogens with one attached hydrogen (secondary N) is 1. The molecule has 1 aliphatic rings. The second-order valence-electron chi connectivity index (χ2n) is 8.53. The summed E-state index contributed by atoms with van der Waals surface area (Å²) in [5, 5.41) is 2.93. The van der Waals surface area contributed by atoms with E-state index in [0.29, 0.717) is 12.3 Å². The number of hydrogen-bond acceptors (Lipinski definition) is 5. The van der Waals surface area contributed by atoms with Crippen molar-refractivity contribution in [3.8, 4) is 0 Å². The molecule has 0 bridgehead atoms. The molecule has 1 N–H and O–H groups in total. The van der Waals surface area contributed by atoms with Gasteiger partial charge in [0.25, 0.3) is 5.91 Å². The van der Waals surface area contributed by atoms with Gasteiger partial charge in [-0.3, -0.25) is 14.4 Å². The maximum atomic E-state index is 12.5. The Balaban J connectivity index is 1.57. The number of hydrogen-bond donors (Lipinski definition) is 1. The Morgan fingerprint density at radius 1 is 1.13 bits per heavy atom. The van der Waals surface area contributed by atoms with E-state index in [-0.39, 0.29) is 43.2 Å². The Hall–Kier alpha value is -3.09. The van der Waals surface area contributed by atoms with Crippen LogP contribution in [-0.4, -0.2) is 35.8 Å². The number of carbonyl (C=O) groups is 3. The van der Waals surface area contributed by atoms with E-state index in [1.165, 1.54) is 0 Å². The van der Waals surface area contributed by atoms with Crippen molar-refractivity contribution in [1.29, 1.82) is 0 Å². The second kappa shape index (κ2) is 9.81. The molecule has 1 aromatic heterocycles. The predicted molar refractivity (Wildman–Crippen MR) is 116 cm³/mol. The molecule has 2 amide bonds. The molecule has 0 radical (unpaired) electrons. The summed E-state index contributed by atoms with van der Waals surface area (Å²) in [7, 11) is 0. The summed E-state index contributed by atoms with van der Waals surface area (Å²) in [6.45, 7) is 8.47. The first-order valence-corrected chi connectivity index (χ1v) is 10.7. The lowest BCUT2D eigenvalue weighted by Gasteiger charge is -2.20. The van der Waals surface area contributed by atoms with Gasteiger partial charge in [0.2, 0.25) is 5.91 Å². The normalized spacial score (nSPS) is 16.3. The van der Waals surface area contributed by atoms with Gasteiger partial charge in [-0.05, 0) is 35.1 Å². The number of anilines is 1. The smallest absolute Gasteiger partial charge is 0.311 e. The van der Waals surface area contributed by atoms with E-state index in [9.17, 15) is 14.4 Å². The highest BCUT2D eigenvalue weighted by Gasteiger charge is 2.36. The summed E-state index contributed by atoms with van der Waals surface area (Å²) < 4.78 is 10.5. The summed E-state index contributed by atoms with van der Waals surface area (Å²) in [5.41, 5.74) is 2.87. The third-order valence-electron chi connectivity index (χ3n) is 5.46. The van der Waals surface area contributed by atoms with Crippen LogP contribution in [0.4, 0.5) is 5.69 Å². The molecule has 7 heteroatoms. The number of carbonyl (C=O) groups excluding carboxylic acids is 3. The fourth-order valence-electron chi connectivity index (χ4n) is 3.80. The van der Waals surface area contributed by atoms with E-state index >= 15 is 0 Å². The van der Waals surface area contributed by atoms with E-state index in [1.807, 2.05) is 18.2 Å². The third kappa shape index (κ3) is 5.54. The number of para-hydroxylation sites is 1. The van der Waals surface area contributed by atoms with Crippen molar-refractivity contribution in [2.24, 2.45) is 5.92 Å². The first-order chi connectivity index (χ1) is 14.8. The minimum atomic E-state index is -0.579. The zero-order valence-electron chi connectivity index (χ0n) is 18.5. The molecule has 0 saturated carbocycles.